The molecule has 2 nitrogen and oxygen atoms in total. The van der Waals surface area contributed by atoms with Crippen LogP contribution in [0.4, 0.5) is 0 Å². The van der Waals surface area contributed by atoms with Crippen molar-refractivity contribution in [1.29, 1.82) is 0 Å². The molecule has 4 aromatic rings. The first-order chi connectivity index (χ1) is 19.0. The zero-order chi connectivity index (χ0) is 27.1. The van der Waals surface area contributed by atoms with Crippen molar-refractivity contribution in [2.75, 3.05) is 0 Å². The van der Waals surface area contributed by atoms with Crippen LogP contribution in [-0.2, 0) is 20.1 Å². The van der Waals surface area contributed by atoms with E-state index in [1.165, 1.54) is 0 Å². The minimum Gasteiger partial charge on any atom is -0.309 e. The van der Waals surface area contributed by atoms with Crippen LogP contribution < -0.4 is 0 Å². The molecule has 2 aliphatic rings. The molecule has 2 aromatic heterocycles. The van der Waals surface area contributed by atoms with Gasteiger partial charge < -0.3 is 9.98 Å². The summed E-state index contributed by atoms with van der Waals surface area (Å²) in [7, 11) is 0. The SMILES string of the molecule is [2H]c1c(C2([2H])CCCC2)cnc(-c2[c-]cccc3ccccc3sc2)c1[2H].[Ir].[c-]1ccccc1C1=NC=CCC1. The van der Waals surface area contributed by atoms with Crippen molar-refractivity contribution < 1.29 is 24.2 Å². The predicted molar refractivity (Wildman–Crippen MR) is 153 cm³/mol. The topological polar surface area (TPSA) is 25.2 Å². The number of allylic oxidation sites excluding steroid dienone is 1. The third kappa shape index (κ3) is 7.55. The first-order valence-electron chi connectivity index (χ1n) is 13.9. The summed E-state index contributed by atoms with van der Waals surface area (Å²) in [5, 5.41) is 3.07. The smallest absolute Gasteiger partial charge is 0.0619 e. The largest absolute Gasteiger partial charge is 0.309 e. The van der Waals surface area contributed by atoms with Gasteiger partial charge in [-0.15, -0.1) is 59.7 Å². The molecule has 1 fully saturated rings. The van der Waals surface area contributed by atoms with Crippen molar-refractivity contribution in [2.24, 2.45) is 4.99 Å². The van der Waals surface area contributed by atoms with E-state index in [0.717, 1.165) is 59.9 Å². The fraction of sp³-hybridized carbons (Fsp3) is 0.212. The Labute approximate surface area is 242 Å². The van der Waals surface area contributed by atoms with Crippen molar-refractivity contribution in [3.8, 4) is 11.3 Å². The molecule has 0 bridgehead atoms. The molecule has 1 aliphatic carbocycles. The van der Waals surface area contributed by atoms with Gasteiger partial charge in [0.15, 0.2) is 0 Å². The van der Waals surface area contributed by atoms with Crippen LogP contribution in [0.2, 0.25) is 0 Å². The number of aliphatic imine (C=N–C) groups is 1. The normalized spacial score (nSPS) is 16.6. The quantitative estimate of drug-likeness (QED) is 0.198. The first-order valence-corrected chi connectivity index (χ1v) is 13.3. The number of benzene rings is 2. The van der Waals surface area contributed by atoms with Crippen LogP contribution in [0.15, 0.2) is 108 Å². The monoisotopic (exact) mass is 682 g/mol. The second-order valence-corrected chi connectivity index (χ2v) is 9.63. The van der Waals surface area contributed by atoms with Crippen molar-refractivity contribution in [3.63, 3.8) is 0 Å². The number of pyridine rings is 1. The minimum atomic E-state index is -0.763. The standard InChI is InChI=1S/C22H20NS.C11H10N.Ir/c1-2-8-17(7-1)19-13-14-21(23-15-19)20-11-4-3-9-18-10-5-6-12-22(18)24-16-20;1-2-6-10(7-3-1)11-8-4-5-9-12-11;/h3-6,9-10,12-17H,1-2,7-8H2;1-3,5-6,9H,4,8H2;/q2*-1;/i13D,14D,17D;;. The summed E-state index contributed by atoms with van der Waals surface area (Å²) >= 11 is 1.57. The van der Waals surface area contributed by atoms with E-state index < -0.39 is 5.89 Å². The van der Waals surface area contributed by atoms with Gasteiger partial charge in [0, 0.05) is 38.6 Å². The van der Waals surface area contributed by atoms with Gasteiger partial charge in [-0.1, -0.05) is 60.6 Å². The number of aromatic nitrogens is 1. The Hall–Kier alpha value is -2.91. The Bertz CT molecular complexity index is 1560. The second kappa shape index (κ2) is 14.1. The average Bonchev–Trinajstić information content (AvgIpc) is 3.46. The Balaban J connectivity index is 0.000000238. The van der Waals surface area contributed by atoms with Crippen molar-refractivity contribution in [1.82, 2.24) is 4.98 Å². The van der Waals surface area contributed by atoms with Gasteiger partial charge in [-0.25, -0.2) is 0 Å². The van der Waals surface area contributed by atoms with Crippen LogP contribution in [0.3, 0.4) is 0 Å². The second-order valence-electron chi connectivity index (χ2n) is 8.71. The molecule has 0 unspecified atom stereocenters. The maximum atomic E-state index is 8.65. The van der Waals surface area contributed by atoms with E-state index in [1.54, 1.807) is 17.5 Å². The molecule has 0 N–H and O–H groups in total. The zero-order valence-electron chi connectivity index (χ0n) is 23.5. The summed E-state index contributed by atoms with van der Waals surface area (Å²) in [4.78, 5) is 8.80. The fourth-order valence-electron chi connectivity index (χ4n) is 4.28. The summed E-state index contributed by atoms with van der Waals surface area (Å²) in [6.45, 7) is 0. The van der Waals surface area contributed by atoms with Crippen LogP contribution in [0.25, 0.3) is 21.3 Å². The Morgan fingerprint density at radius 2 is 1.70 bits per heavy atom. The van der Waals surface area contributed by atoms with Crippen molar-refractivity contribution in [3.05, 3.63) is 126 Å². The molecule has 3 heterocycles. The molecule has 6 rings (SSSR count). The molecule has 1 radical (unpaired) electrons. The van der Waals surface area contributed by atoms with E-state index >= 15 is 0 Å². The van der Waals surface area contributed by atoms with Gasteiger partial charge in [-0.3, -0.25) is 0 Å². The number of hydrogen-bond donors (Lipinski definition) is 0. The fourth-order valence-corrected chi connectivity index (χ4v) is 5.14. The molecule has 189 valence electrons. The maximum Gasteiger partial charge on any atom is 0.0619 e. The van der Waals surface area contributed by atoms with E-state index in [-0.39, 0.29) is 32.2 Å². The van der Waals surface area contributed by atoms with Crippen LogP contribution in [-0.4, -0.2) is 10.7 Å². The number of fused-ring (bicyclic) bond motifs is 1. The summed E-state index contributed by atoms with van der Waals surface area (Å²) in [6, 6.07) is 28.5. The van der Waals surface area contributed by atoms with E-state index in [4.69, 9.17) is 4.11 Å². The molecule has 4 heteroatoms. The summed E-state index contributed by atoms with van der Waals surface area (Å²) in [5.41, 5.74) is 4.00. The Morgan fingerprint density at radius 3 is 2.51 bits per heavy atom. The summed E-state index contributed by atoms with van der Waals surface area (Å²) < 4.78 is 26.7. The average molecular weight is 682 g/mol. The van der Waals surface area contributed by atoms with Gasteiger partial charge in [0.1, 0.15) is 0 Å². The van der Waals surface area contributed by atoms with Crippen molar-refractivity contribution in [2.45, 2.75) is 44.4 Å². The van der Waals surface area contributed by atoms with E-state index in [9.17, 15) is 0 Å². The molecule has 37 heavy (non-hydrogen) atoms. The zero-order valence-corrected chi connectivity index (χ0v) is 23.8. The summed E-state index contributed by atoms with van der Waals surface area (Å²) in [5.74, 6) is -0.763. The van der Waals surface area contributed by atoms with Gasteiger partial charge in [0.2, 0.25) is 0 Å². The minimum absolute atomic E-state index is 0. The molecular weight excluding hydrogens is 649 g/mol. The van der Waals surface area contributed by atoms with E-state index in [2.05, 4.69) is 46.4 Å². The molecule has 1 saturated carbocycles. The first kappa shape index (κ1) is 23.2. The van der Waals surface area contributed by atoms with Gasteiger partial charge in [-0.2, -0.15) is 11.3 Å². The van der Waals surface area contributed by atoms with Crippen LogP contribution in [0, 0.1) is 12.1 Å². The van der Waals surface area contributed by atoms with Gasteiger partial charge in [-0.05, 0) is 60.0 Å². The molecule has 0 amide bonds. The molecular formula is C33H30IrN2S-2. The van der Waals surface area contributed by atoms with E-state index in [1.807, 2.05) is 60.1 Å². The van der Waals surface area contributed by atoms with Gasteiger partial charge in [0.05, 0.1) is 2.74 Å². The van der Waals surface area contributed by atoms with Crippen molar-refractivity contribution >= 4 is 27.1 Å². The number of hydrogen-bond acceptors (Lipinski definition) is 3. The third-order valence-corrected chi connectivity index (χ3v) is 7.20. The predicted octanol–water partition coefficient (Wildman–Crippen LogP) is 9.13. The van der Waals surface area contributed by atoms with E-state index in [0.29, 0.717) is 16.8 Å². The van der Waals surface area contributed by atoms with Gasteiger partial charge >= 0.3 is 0 Å². The van der Waals surface area contributed by atoms with Gasteiger partial charge in [0.25, 0.3) is 0 Å². The number of nitrogens with zero attached hydrogens (tertiary/aromatic N) is 2. The molecule has 1 aliphatic heterocycles. The molecule has 0 atom stereocenters. The Morgan fingerprint density at radius 1 is 0.919 bits per heavy atom. The maximum absolute atomic E-state index is 8.65. The summed E-state index contributed by atoms with van der Waals surface area (Å²) in [6.07, 6.45) is 11.2. The molecule has 0 saturated heterocycles. The number of rotatable bonds is 3. The Kier molecular flexibility index (Phi) is 8.88. The van der Waals surface area contributed by atoms with Crippen LogP contribution >= 0.6 is 11.3 Å². The third-order valence-electron chi connectivity index (χ3n) is 6.22. The molecule has 0 spiro atoms. The molecule has 2 aromatic carbocycles. The van der Waals surface area contributed by atoms with Crippen LogP contribution in [0.5, 0.6) is 0 Å². The van der Waals surface area contributed by atoms with Crippen LogP contribution in [0.1, 0.15) is 59.7 Å².